The first kappa shape index (κ1) is 26.9. The molecule has 0 N–H and O–H groups in total. The van der Waals surface area contributed by atoms with Crippen LogP contribution in [-0.2, 0) is 20.5 Å². The third-order valence-corrected chi connectivity index (χ3v) is 4.50. The Bertz CT molecular complexity index is 1190. The summed E-state index contributed by atoms with van der Waals surface area (Å²) in [5.41, 5.74) is 5.35. The molecule has 0 spiro atoms. The van der Waals surface area contributed by atoms with Crippen molar-refractivity contribution in [2.45, 2.75) is 33.6 Å². The minimum absolute atomic E-state index is 0.216. The highest BCUT2D eigenvalue weighted by atomic mass is 36.0. The monoisotopic (exact) mass is 526 g/mol. The number of carbonyl (C=O) groups is 1. The van der Waals surface area contributed by atoms with Crippen LogP contribution in [0.25, 0.3) is 16.9 Å². The molecule has 0 aliphatic rings. The highest BCUT2D eigenvalue weighted by molar-refractivity contribution is 8.24. The predicted molar refractivity (Wildman–Crippen MR) is 131 cm³/mol. The van der Waals surface area contributed by atoms with Crippen molar-refractivity contribution < 1.29 is 14.1 Å². The van der Waals surface area contributed by atoms with E-state index in [4.69, 9.17) is 10.00 Å². The van der Waals surface area contributed by atoms with Gasteiger partial charge in [0.05, 0.1) is 30.4 Å². The SMILES string of the molecule is CCOC(=O)CCc1ccc(-c2cnc(C)nc2)n1-c1ccc(C#N)cc1C.O=P(Cl)(Cl)Cl. The van der Waals surface area contributed by atoms with E-state index in [0.29, 0.717) is 30.8 Å². The number of carbonyl (C=O) groups excluding carboxylic acids is 1. The van der Waals surface area contributed by atoms with Crippen molar-refractivity contribution in [3.05, 3.63) is 65.4 Å². The topological polar surface area (TPSA) is 97.9 Å². The molecule has 174 valence electrons. The molecule has 11 heteroatoms. The third-order valence-electron chi connectivity index (χ3n) is 4.50. The summed E-state index contributed by atoms with van der Waals surface area (Å²) in [5.74, 6) is 0.492. The number of hydrogen-bond donors (Lipinski definition) is 0. The first-order valence-corrected chi connectivity index (χ1v) is 14.3. The van der Waals surface area contributed by atoms with Crippen LogP contribution in [0.1, 0.15) is 36.0 Å². The lowest BCUT2D eigenvalue weighted by molar-refractivity contribution is -0.143. The van der Waals surface area contributed by atoms with E-state index in [1.807, 2.05) is 38.1 Å². The summed E-state index contributed by atoms with van der Waals surface area (Å²) in [5, 5.41) is 5.95. The Morgan fingerprint density at radius 2 is 1.79 bits per heavy atom. The second-order valence-corrected chi connectivity index (χ2v) is 13.5. The maximum absolute atomic E-state index is 11.8. The lowest BCUT2D eigenvalue weighted by atomic mass is 10.1. The molecule has 0 saturated carbocycles. The third kappa shape index (κ3) is 8.49. The van der Waals surface area contributed by atoms with Gasteiger partial charge in [-0.2, -0.15) is 5.26 Å². The van der Waals surface area contributed by atoms with Crippen molar-refractivity contribution >= 4 is 44.9 Å². The van der Waals surface area contributed by atoms with Gasteiger partial charge in [-0.15, -0.1) is 0 Å². The number of ether oxygens (including phenoxy) is 1. The van der Waals surface area contributed by atoms with Crippen LogP contribution < -0.4 is 0 Å². The number of nitriles is 1. The van der Waals surface area contributed by atoms with Crippen molar-refractivity contribution in [3.63, 3.8) is 0 Å². The van der Waals surface area contributed by atoms with E-state index in [2.05, 4.69) is 54.3 Å². The van der Waals surface area contributed by atoms with Crippen molar-refractivity contribution in [1.29, 1.82) is 5.26 Å². The molecule has 0 fully saturated rings. The smallest absolute Gasteiger partial charge is 0.339 e. The number of nitrogens with zero attached hydrogens (tertiary/aromatic N) is 4. The van der Waals surface area contributed by atoms with Crippen molar-refractivity contribution in [1.82, 2.24) is 14.5 Å². The number of aromatic nitrogens is 3. The Labute approximate surface area is 207 Å². The van der Waals surface area contributed by atoms with Gasteiger partial charge in [0.15, 0.2) is 0 Å². The number of aryl methyl sites for hydroxylation is 3. The number of benzene rings is 1. The van der Waals surface area contributed by atoms with E-state index >= 15 is 0 Å². The second-order valence-electron chi connectivity index (χ2n) is 6.88. The number of rotatable bonds is 6. The summed E-state index contributed by atoms with van der Waals surface area (Å²) in [4.78, 5) is 20.5. The molecular weight excluding hydrogens is 506 g/mol. The van der Waals surface area contributed by atoms with Crippen LogP contribution in [0.15, 0.2) is 42.7 Å². The zero-order valence-corrected chi connectivity index (χ0v) is 21.4. The summed E-state index contributed by atoms with van der Waals surface area (Å²) in [6.07, 6.45) is 4.44. The predicted octanol–water partition coefficient (Wildman–Crippen LogP) is 6.73. The summed E-state index contributed by atoms with van der Waals surface area (Å²) in [7, 11) is 0. The van der Waals surface area contributed by atoms with Gasteiger partial charge in [-0.1, -0.05) is 0 Å². The van der Waals surface area contributed by atoms with E-state index in [1.165, 1.54) is 0 Å². The number of hydrogen-bond acceptors (Lipinski definition) is 6. The fourth-order valence-corrected chi connectivity index (χ4v) is 3.15. The summed E-state index contributed by atoms with van der Waals surface area (Å²) >= 11 is 13.8. The molecule has 0 atom stereocenters. The van der Waals surface area contributed by atoms with Crippen molar-refractivity contribution in [2.75, 3.05) is 6.61 Å². The van der Waals surface area contributed by atoms with Gasteiger partial charge in [-0.05, 0) is 96.8 Å². The van der Waals surface area contributed by atoms with E-state index in [-0.39, 0.29) is 5.97 Å². The van der Waals surface area contributed by atoms with Crippen molar-refractivity contribution in [3.8, 4) is 23.0 Å². The van der Waals surface area contributed by atoms with Gasteiger partial charge < -0.3 is 9.30 Å². The molecule has 0 aliphatic carbocycles. The van der Waals surface area contributed by atoms with E-state index in [0.717, 1.165) is 28.2 Å². The standard InChI is InChI=1S/C22H22N4O2.Cl3OP/c1-4-28-22(27)10-7-19-6-9-21(18-13-24-16(3)25-14-18)26(19)20-8-5-17(12-23)11-15(20)2;1-5(2,3)4/h5-6,8-9,11,13-14H,4,7,10H2,1-3H3;. The minimum Gasteiger partial charge on any atom is -0.466 e. The summed E-state index contributed by atoms with van der Waals surface area (Å²) < 4.78 is 16.7. The largest absolute Gasteiger partial charge is 0.466 e. The van der Waals surface area contributed by atoms with Gasteiger partial charge >= 0.3 is 11.2 Å². The maximum atomic E-state index is 11.8. The molecule has 0 aliphatic heterocycles. The zero-order chi connectivity index (χ0) is 24.6. The van der Waals surface area contributed by atoms with Gasteiger partial charge in [-0.3, -0.25) is 9.36 Å². The fourth-order valence-electron chi connectivity index (χ4n) is 3.15. The lowest BCUT2D eigenvalue weighted by Crippen LogP contribution is -2.09. The van der Waals surface area contributed by atoms with Crippen LogP contribution in [0.5, 0.6) is 0 Å². The molecule has 3 rings (SSSR count). The van der Waals surface area contributed by atoms with Crippen LogP contribution in [0, 0.1) is 25.2 Å². The lowest BCUT2D eigenvalue weighted by Gasteiger charge is -2.16. The molecular formula is C22H22Cl3N4O3P. The van der Waals surface area contributed by atoms with Gasteiger partial charge in [0.25, 0.3) is 0 Å². The van der Waals surface area contributed by atoms with E-state index < -0.39 is 5.20 Å². The first-order chi connectivity index (χ1) is 15.5. The normalized spacial score (nSPS) is 10.7. The molecule has 0 bridgehead atoms. The van der Waals surface area contributed by atoms with Crippen molar-refractivity contribution in [2.24, 2.45) is 0 Å². The average molecular weight is 528 g/mol. The fraction of sp³-hybridized carbons (Fsp3) is 0.273. The van der Waals surface area contributed by atoms with Gasteiger partial charge in [0.1, 0.15) is 5.82 Å². The van der Waals surface area contributed by atoms with Gasteiger partial charge in [0.2, 0.25) is 0 Å². The maximum Gasteiger partial charge on any atom is 0.339 e. The van der Waals surface area contributed by atoms with Crippen LogP contribution >= 0.6 is 38.9 Å². The number of halogens is 3. The zero-order valence-electron chi connectivity index (χ0n) is 18.3. The minimum atomic E-state index is -3.22. The molecule has 2 aromatic heterocycles. The van der Waals surface area contributed by atoms with Gasteiger partial charge in [0, 0.05) is 29.3 Å². The molecule has 0 radical (unpaired) electrons. The molecule has 7 nitrogen and oxygen atoms in total. The molecule has 33 heavy (non-hydrogen) atoms. The Balaban J connectivity index is 0.000000696. The summed E-state index contributed by atoms with van der Waals surface area (Å²) in [6, 6.07) is 11.8. The molecule has 0 amide bonds. The van der Waals surface area contributed by atoms with Gasteiger partial charge in [-0.25, -0.2) is 9.97 Å². The number of esters is 1. The molecule has 0 saturated heterocycles. The highest BCUT2D eigenvalue weighted by Crippen LogP contribution is 2.61. The van der Waals surface area contributed by atoms with Crippen LogP contribution in [0.3, 0.4) is 0 Å². The highest BCUT2D eigenvalue weighted by Gasteiger charge is 2.16. The first-order valence-electron chi connectivity index (χ1n) is 9.88. The van der Waals surface area contributed by atoms with Crippen LogP contribution in [-0.4, -0.2) is 27.1 Å². The van der Waals surface area contributed by atoms with Crippen LogP contribution in [0.2, 0.25) is 0 Å². The molecule has 2 heterocycles. The Hall–Kier alpha value is -2.36. The molecule has 0 unspecified atom stereocenters. The summed E-state index contributed by atoms with van der Waals surface area (Å²) in [6.45, 7) is 6.00. The Morgan fingerprint density at radius 3 is 2.33 bits per heavy atom. The van der Waals surface area contributed by atoms with E-state index in [9.17, 15) is 9.36 Å². The Morgan fingerprint density at radius 1 is 1.15 bits per heavy atom. The van der Waals surface area contributed by atoms with Crippen LogP contribution in [0.4, 0.5) is 0 Å². The second kappa shape index (κ2) is 12.2. The quantitative estimate of drug-likeness (QED) is 0.260. The average Bonchev–Trinajstić information content (AvgIpc) is 3.15. The molecule has 1 aromatic carbocycles. The van der Waals surface area contributed by atoms with E-state index in [1.54, 1.807) is 25.4 Å². The molecule has 3 aromatic rings. The Kier molecular flexibility index (Phi) is 9.94.